The number of hydrogen-bond acceptors (Lipinski definition) is 5. The normalized spacial score (nSPS) is 17.7. The second kappa shape index (κ2) is 9.10. The van der Waals surface area contributed by atoms with Crippen molar-refractivity contribution in [2.45, 2.75) is 45.3 Å². The van der Waals surface area contributed by atoms with E-state index in [1.165, 1.54) is 4.90 Å². The smallest absolute Gasteiger partial charge is 0.259 e. The number of nitrogens with one attached hydrogen (secondary N) is 2. The Morgan fingerprint density at radius 1 is 1.25 bits per heavy atom. The lowest BCUT2D eigenvalue weighted by molar-refractivity contribution is -0.150. The third kappa shape index (κ3) is 4.98. The maximum Gasteiger partial charge on any atom is 0.259 e. The van der Waals surface area contributed by atoms with Gasteiger partial charge >= 0.3 is 0 Å². The van der Waals surface area contributed by atoms with Gasteiger partial charge in [-0.3, -0.25) is 15.0 Å². The van der Waals surface area contributed by atoms with Gasteiger partial charge in [0.25, 0.3) is 11.8 Å². The van der Waals surface area contributed by atoms with Gasteiger partial charge in [-0.25, -0.2) is 0 Å². The molecule has 170 valence electrons. The molecule has 3 rings (SSSR count). The van der Waals surface area contributed by atoms with Gasteiger partial charge in [0.15, 0.2) is 12.2 Å². The van der Waals surface area contributed by atoms with E-state index in [9.17, 15) is 14.7 Å². The molecule has 0 radical (unpaired) electrons. The average molecular weight is 439 g/mol. The van der Waals surface area contributed by atoms with Crippen LogP contribution in [0.25, 0.3) is 0 Å². The van der Waals surface area contributed by atoms with Crippen LogP contribution in [-0.4, -0.2) is 48.1 Å². The van der Waals surface area contributed by atoms with Crippen LogP contribution in [0.4, 0.5) is 11.4 Å². The van der Waals surface area contributed by atoms with Crippen molar-refractivity contribution in [3.63, 3.8) is 0 Å². The number of amides is 2. The second-order valence-electron chi connectivity index (χ2n) is 8.96. The number of hydrogen-bond donors (Lipinski definition) is 4. The first-order valence-electron chi connectivity index (χ1n) is 10.5. The molecule has 0 aromatic heterocycles. The van der Waals surface area contributed by atoms with E-state index in [4.69, 9.17) is 15.9 Å². The minimum absolute atomic E-state index is 0.0117. The molecular weight excluding hydrogens is 408 g/mol. The molecular formula is C24H30N4O4. The number of aliphatic hydroxyl groups excluding tert-OH is 1. The van der Waals surface area contributed by atoms with Crippen LogP contribution in [0.5, 0.6) is 0 Å². The van der Waals surface area contributed by atoms with Crippen LogP contribution in [0.15, 0.2) is 42.5 Å². The van der Waals surface area contributed by atoms with Crippen molar-refractivity contribution in [3.8, 4) is 0 Å². The van der Waals surface area contributed by atoms with Gasteiger partial charge in [0.1, 0.15) is 5.84 Å². The molecule has 8 nitrogen and oxygen atoms in total. The summed E-state index contributed by atoms with van der Waals surface area (Å²) < 4.78 is 5.48. The Morgan fingerprint density at radius 3 is 2.50 bits per heavy atom. The lowest BCUT2D eigenvalue weighted by Gasteiger charge is -2.34. The highest BCUT2D eigenvalue weighted by Gasteiger charge is 2.39. The van der Waals surface area contributed by atoms with Crippen LogP contribution in [0.3, 0.4) is 0 Å². The number of benzene rings is 2. The number of morpholine rings is 1. The summed E-state index contributed by atoms with van der Waals surface area (Å²) in [6, 6.07) is 12.6. The van der Waals surface area contributed by atoms with E-state index in [0.29, 0.717) is 23.5 Å². The first kappa shape index (κ1) is 23.4. The van der Waals surface area contributed by atoms with Crippen molar-refractivity contribution in [3.05, 3.63) is 59.2 Å². The number of nitrogens with zero attached hydrogens (tertiary/aromatic N) is 1. The molecule has 0 bridgehead atoms. The zero-order valence-corrected chi connectivity index (χ0v) is 18.8. The maximum atomic E-state index is 13.0. The highest BCUT2D eigenvalue weighted by Crippen LogP contribution is 2.27. The van der Waals surface area contributed by atoms with Gasteiger partial charge in [-0.05, 0) is 41.7 Å². The number of aliphatic hydroxyl groups is 1. The van der Waals surface area contributed by atoms with Gasteiger partial charge in [0.2, 0.25) is 0 Å². The molecule has 5 N–H and O–H groups in total. The van der Waals surface area contributed by atoms with Crippen molar-refractivity contribution in [2.24, 2.45) is 5.73 Å². The molecule has 1 aliphatic rings. The quantitative estimate of drug-likeness (QED) is 0.421. The number of rotatable bonds is 5. The Morgan fingerprint density at radius 2 is 1.91 bits per heavy atom. The fraction of sp³-hybridized carbons (Fsp3) is 0.375. The predicted octanol–water partition coefficient (Wildman–Crippen LogP) is 2.31. The van der Waals surface area contributed by atoms with Gasteiger partial charge in [0.05, 0.1) is 6.61 Å². The van der Waals surface area contributed by atoms with Crippen LogP contribution < -0.4 is 16.0 Å². The van der Waals surface area contributed by atoms with Gasteiger partial charge in [-0.15, -0.1) is 0 Å². The molecule has 2 aromatic rings. The van der Waals surface area contributed by atoms with E-state index in [-0.39, 0.29) is 17.9 Å². The fourth-order valence-corrected chi connectivity index (χ4v) is 3.50. The molecule has 2 aromatic carbocycles. The minimum Gasteiger partial charge on any atom is -0.384 e. The number of nitrogens with two attached hydrogens (primary N) is 1. The molecule has 1 unspecified atom stereocenters. The maximum absolute atomic E-state index is 13.0. The van der Waals surface area contributed by atoms with E-state index in [1.807, 2.05) is 24.3 Å². The predicted molar refractivity (Wildman–Crippen MR) is 124 cm³/mol. The number of amidine groups is 1. The Balaban J connectivity index is 1.75. The van der Waals surface area contributed by atoms with E-state index < -0.39 is 24.0 Å². The zero-order valence-electron chi connectivity index (χ0n) is 18.8. The van der Waals surface area contributed by atoms with E-state index in [2.05, 4.69) is 26.1 Å². The molecule has 0 spiro atoms. The standard InChI is InChI=1S/C24H30N4O4/c1-14-5-6-15(21(25)26)13-18(14)27-22(30)19(29)20-23(31)28(11-12-32-20)17-9-7-16(8-10-17)24(2,3)4/h5-10,13,19-20,29H,11-12H2,1-4H3,(H3,25,26)(H,27,30)/t19?,20-/m1/s1. The highest BCUT2D eigenvalue weighted by atomic mass is 16.5. The van der Waals surface area contributed by atoms with Crippen molar-refractivity contribution in [1.82, 2.24) is 0 Å². The molecule has 1 saturated heterocycles. The first-order chi connectivity index (χ1) is 15.0. The Labute approximate surface area is 187 Å². The number of aryl methyl sites for hydroxylation is 1. The molecule has 2 amide bonds. The van der Waals surface area contributed by atoms with Gasteiger partial charge in [-0.1, -0.05) is 45.0 Å². The molecule has 1 heterocycles. The average Bonchev–Trinajstić information content (AvgIpc) is 2.74. The number of carbonyl (C=O) groups excluding carboxylic acids is 2. The summed E-state index contributed by atoms with van der Waals surface area (Å²) in [6.07, 6.45) is -3.01. The summed E-state index contributed by atoms with van der Waals surface area (Å²) in [5.74, 6) is -1.38. The third-order valence-electron chi connectivity index (χ3n) is 5.53. The number of carbonyl (C=O) groups is 2. The number of anilines is 2. The summed E-state index contributed by atoms with van der Waals surface area (Å²) in [6.45, 7) is 8.64. The Bertz CT molecular complexity index is 1030. The lowest BCUT2D eigenvalue weighted by atomic mass is 9.87. The third-order valence-corrected chi connectivity index (χ3v) is 5.53. The molecule has 0 saturated carbocycles. The summed E-state index contributed by atoms with van der Waals surface area (Å²) in [5.41, 5.74) is 8.90. The van der Waals surface area contributed by atoms with Gasteiger partial charge in [-0.2, -0.15) is 0 Å². The zero-order chi connectivity index (χ0) is 23.6. The highest BCUT2D eigenvalue weighted by molar-refractivity contribution is 6.04. The first-order valence-corrected chi connectivity index (χ1v) is 10.5. The van der Waals surface area contributed by atoms with E-state index in [1.54, 1.807) is 25.1 Å². The summed E-state index contributed by atoms with van der Waals surface area (Å²) in [4.78, 5) is 27.3. The molecule has 0 aliphatic carbocycles. The van der Waals surface area contributed by atoms with Crippen LogP contribution in [0.1, 0.15) is 37.5 Å². The molecule has 2 atom stereocenters. The van der Waals surface area contributed by atoms with Crippen molar-refractivity contribution < 1.29 is 19.4 Å². The second-order valence-corrected chi connectivity index (χ2v) is 8.96. The lowest BCUT2D eigenvalue weighted by Crippen LogP contribution is -2.55. The monoisotopic (exact) mass is 438 g/mol. The molecule has 1 aliphatic heterocycles. The van der Waals surface area contributed by atoms with Crippen LogP contribution >= 0.6 is 0 Å². The van der Waals surface area contributed by atoms with Crippen LogP contribution in [0.2, 0.25) is 0 Å². The summed E-state index contributed by atoms with van der Waals surface area (Å²) in [7, 11) is 0. The van der Waals surface area contributed by atoms with Crippen LogP contribution in [0, 0.1) is 12.3 Å². The largest absolute Gasteiger partial charge is 0.384 e. The topological polar surface area (TPSA) is 129 Å². The van der Waals surface area contributed by atoms with Crippen molar-refractivity contribution in [1.29, 1.82) is 5.41 Å². The Hall–Kier alpha value is -3.23. The van der Waals surface area contributed by atoms with Crippen molar-refractivity contribution in [2.75, 3.05) is 23.4 Å². The van der Waals surface area contributed by atoms with Crippen LogP contribution in [-0.2, 0) is 19.7 Å². The molecule has 8 heteroatoms. The fourth-order valence-electron chi connectivity index (χ4n) is 3.50. The summed E-state index contributed by atoms with van der Waals surface area (Å²) in [5, 5.41) is 20.8. The molecule has 32 heavy (non-hydrogen) atoms. The molecule has 1 fully saturated rings. The Kier molecular flexibility index (Phi) is 6.66. The number of ether oxygens (including phenoxy) is 1. The van der Waals surface area contributed by atoms with E-state index in [0.717, 1.165) is 11.1 Å². The van der Waals surface area contributed by atoms with Gasteiger partial charge < -0.3 is 25.8 Å². The SMILES string of the molecule is Cc1ccc(C(=N)N)cc1NC(=O)C(O)[C@H]1OCCN(c2ccc(C(C)(C)C)cc2)C1=O. The van der Waals surface area contributed by atoms with Crippen molar-refractivity contribution >= 4 is 29.0 Å². The van der Waals surface area contributed by atoms with Gasteiger partial charge in [0, 0.05) is 23.5 Å². The minimum atomic E-state index is -1.69. The van der Waals surface area contributed by atoms with E-state index >= 15 is 0 Å². The number of nitrogen functional groups attached to an aromatic ring is 1. The summed E-state index contributed by atoms with van der Waals surface area (Å²) >= 11 is 0.